The van der Waals surface area contributed by atoms with E-state index in [1.165, 1.54) is 4.31 Å². The molecule has 1 fully saturated rings. The molecule has 0 bridgehead atoms. The molecule has 1 amide bonds. The molecule has 1 aliphatic heterocycles. The third-order valence-electron chi connectivity index (χ3n) is 6.88. The van der Waals surface area contributed by atoms with Gasteiger partial charge in [-0.3, -0.25) is 9.48 Å². The van der Waals surface area contributed by atoms with Gasteiger partial charge in [0.25, 0.3) is 0 Å². The maximum absolute atomic E-state index is 13.5. The van der Waals surface area contributed by atoms with Crippen LogP contribution in [0.2, 0.25) is 0 Å². The molecule has 0 saturated carbocycles. The van der Waals surface area contributed by atoms with Gasteiger partial charge in [0.05, 0.1) is 17.0 Å². The molecular weight excluding hydrogens is 436 g/mol. The Labute approximate surface area is 198 Å². The fourth-order valence-electron chi connectivity index (χ4n) is 4.65. The lowest BCUT2D eigenvalue weighted by atomic mass is 10.0. The van der Waals surface area contributed by atoms with Crippen LogP contribution >= 0.6 is 0 Å². The van der Waals surface area contributed by atoms with Crippen LogP contribution in [0.15, 0.2) is 11.0 Å². The summed E-state index contributed by atoms with van der Waals surface area (Å²) in [6.45, 7) is 18.2. The van der Waals surface area contributed by atoms with E-state index in [1.807, 2.05) is 52.3 Å². The Balaban J connectivity index is 1.72. The van der Waals surface area contributed by atoms with Gasteiger partial charge < -0.3 is 4.90 Å². The molecule has 7 nitrogen and oxygen atoms in total. The molecule has 0 radical (unpaired) electrons. The van der Waals surface area contributed by atoms with Gasteiger partial charge in [0.2, 0.25) is 15.9 Å². The topological polar surface area (TPSA) is 75.5 Å². The van der Waals surface area contributed by atoms with Crippen molar-refractivity contribution < 1.29 is 13.2 Å². The van der Waals surface area contributed by atoms with Crippen molar-refractivity contribution in [2.75, 3.05) is 26.2 Å². The van der Waals surface area contributed by atoms with Gasteiger partial charge in [0, 0.05) is 44.0 Å². The van der Waals surface area contributed by atoms with Crippen LogP contribution in [0.4, 0.5) is 0 Å². The van der Waals surface area contributed by atoms with Crippen molar-refractivity contribution in [2.24, 2.45) is 5.92 Å². The summed E-state index contributed by atoms with van der Waals surface area (Å²) in [5.74, 6) is 0.507. The summed E-state index contributed by atoms with van der Waals surface area (Å²) in [5.41, 5.74) is 6.49. The lowest BCUT2D eigenvalue weighted by Crippen LogP contribution is -2.51. The number of aryl methyl sites for hydroxylation is 3. The molecule has 0 unspecified atom stereocenters. The number of nitrogens with zero attached hydrogens (tertiary/aromatic N) is 4. The first-order valence-electron chi connectivity index (χ1n) is 11.7. The van der Waals surface area contributed by atoms with Crippen LogP contribution in [0.25, 0.3) is 0 Å². The number of rotatable bonds is 6. The van der Waals surface area contributed by atoms with Crippen LogP contribution < -0.4 is 0 Å². The molecule has 182 valence electrons. The minimum atomic E-state index is -3.62. The number of hydrogen-bond donors (Lipinski definition) is 0. The molecule has 8 heteroatoms. The summed E-state index contributed by atoms with van der Waals surface area (Å²) in [5, 5.41) is 4.62. The Kier molecular flexibility index (Phi) is 7.39. The Morgan fingerprint density at radius 2 is 1.52 bits per heavy atom. The van der Waals surface area contributed by atoms with Crippen molar-refractivity contribution in [3.8, 4) is 0 Å². The molecule has 33 heavy (non-hydrogen) atoms. The summed E-state index contributed by atoms with van der Waals surface area (Å²) >= 11 is 0. The zero-order valence-corrected chi connectivity index (χ0v) is 22.1. The highest BCUT2D eigenvalue weighted by atomic mass is 32.2. The van der Waals surface area contributed by atoms with E-state index in [1.54, 1.807) is 4.90 Å². The van der Waals surface area contributed by atoms with E-state index in [0.29, 0.717) is 43.4 Å². The highest BCUT2D eigenvalue weighted by Crippen LogP contribution is 2.29. The first-order valence-corrected chi connectivity index (χ1v) is 13.2. The van der Waals surface area contributed by atoms with E-state index in [0.717, 1.165) is 45.7 Å². The van der Waals surface area contributed by atoms with Gasteiger partial charge in [0.1, 0.15) is 0 Å². The molecule has 1 aliphatic rings. The molecule has 2 aromatic rings. The predicted octanol–water partition coefficient (Wildman–Crippen LogP) is 3.47. The monoisotopic (exact) mass is 474 g/mol. The second kappa shape index (κ2) is 9.58. The van der Waals surface area contributed by atoms with Crippen LogP contribution in [0.1, 0.15) is 53.1 Å². The van der Waals surface area contributed by atoms with Crippen molar-refractivity contribution in [3.63, 3.8) is 0 Å². The smallest absolute Gasteiger partial charge is 0.243 e. The minimum absolute atomic E-state index is 0.0288. The molecule has 1 aromatic heterocycles. The Morgan fingerprint density at radius 1 is 0.970 bits per heavy atom. The molecule has 3 rings (SSSR count). The molecule has 2 heterocycles. The second-order valence-corrected chi connectivity index (χ2v) is 11.7. The minimum Gasteiger partial charge on any atom is -0.340 e. The van der Waals surface area contributed by atoms with E-state index < -0.39 is 10.0 Å². The van der Waals surface area contributed by atoms with Gasteiger partial charge in [-0.2, -0.15) is 9.40 Å². The number of piperazine rings is 1. The Bertz CT molecular complexity index is 1130. The zero-order valence-electron chi connectivity index (χ0n) is 21.3. The van der Waals surface area contributed by atoms with Crippen LogP contribution in [0.3, 0.4) is 0 Å². The number of benzene rings is 1. The van der Waals surface area contributed by atoms with Crippen molar-refractivity contribution in [1.29, 1.82) is 0 Å². The number of hydrogen-bond acceptors (Lipinski definition) is 4. The lowest BCUT2D eigenvalue weighted by molar-refractivity contribution is -0.131. The highest BCUT2D eigenvalue weighted by Gasteiger charge is 2.33. The van der Waals surface area contributed by atoms with Crippen LogP contribution in [0.5, 0.6) is 0 Å². The summed E-state index contributed by atoms with van der Waals surface area (Å²) in [7, 11) is -3.62. The average Bonchev–Trinajstić information content (AvgIpc) is 2.99. The number of carbonyl (C=O) groups excluding carboxylic acids is 1. The third-order valence-corrected chi connectivity index (χ3v) is 9.06. The van der Waals surface area contributed by atoms with E-state index in [2.05, 4.69) is 18.9 Å². The van der Waals surface area contributed by atoms with Crippen LogP contribution in [-0.2, 0) is 27.8 Å². The van der Waals surface area contributed by atoms with E-state index in [-0.39, 0.29) is 5.91 Å². The SMILES string of the molecule is Cc1cc(C)c(C)c(S(=O)(=O)N2CCN(C(=O)Cc3c(C)nn(CC(C)C)c3C)CC2)c1C. The number of aromatic nitrogens is 2. The van der Waals surface area contributed by atoms with Gasteiger partial charge in [0.15, 0.2) is 0 Å². The number of amides is 1. The maximum Gasteiger partial charge on any atom is 0.243 e. The predicted molar refractivity (Wildman–Crippen MR) is 131 cm³/mol. The average molecular weight is 475 g/mol. The zero-order chi connectivity index (χ0) is 24.7. The highest BCUT2D eigenvalue weighted by molar-refractivity contribution is 7.89. The molecule has 1 saturated heterocycles. The van der Waals surface area contributed by atoms with Crippen molar-refractivity contribution in [1.82, 2.24) is 19.0 Å². The molecular formula is C25H38N4O3S. The first-order chi connectivity index (χ1) is 15.3. The fourth-order valence-corrected chi connectivity index (χ4v) is 6.65. The van der Waals surface area contributed by atoms with Gasteiger partial charge in [-0.05, 0) is 69.7 Å². The summed E-state index contributed by atoms with van der Waals surface area (Å²) in [6.07, 6.45) is 0.303. The van der Waals surface area contributed by atoms with Gasteiger partial charge in [-0.15, -0.1) is 0 Å². The van der Waals surface area contributed by atoms with Gasteiger partial charge in [-0.25, -0.2) is 8.42 Å². The van der Waals surface area contributed by atoms with E-state index in [4.69, 9.17) is 0 Å². The van der Waals surface area contributed by atoms with Crippen molar-refractivity contribution in [2.45, 2.75) is 73.3 Å². The largest absolute Gasteiger partial charge is 0.340 e. The lowest BCUT2D eigenvalue weighted by Gasteiger charge is -2.35. The molecule has 0 spiro atoms. The van der Waals surface area contributed by atoms with Gasteiger partial charge >= 0.3 is 0 Å². The fraction of sp³-hybridized carbons (Fsp3) is 0.600. The summed E-state index contributed by atoms with van der Waals surface area (Å²) < 4.78 is 30.5. The quantitative estimate of drug-likeness (QED) is 0.643. The number of sulfonamides is 1. The van der Waals surface area contributed by atoms with Crippen molar-refractivity contribution in [3.05, 3.63) is 45.3 Å². The Morgan fingerprint density at radius 3 is 2.03 bits per heavy atom. The molecule has 0 N–H and O–H groups in total. The van der Waals surface area contributed by atoms with E-state index in [9.17, 15) is 13.2 Å². The maximum atomic E-state index is 13.5. The van der Waals surface area contributed by atoms with E-state index >= 15 is 0 Å². The molecule has 1 aromatic carbocycles. The van der Waals surface area contributed by atoms with Crippen molar-refractivity contribution >= 4 is 15.9 Å². The Hall–Kier alpha value is -2.19. The molecule has 0 aliphatic carbocycles. The number of carbonyl (C=O) groups is 1. The van der Waals surface area contributed by atoms with Crippen LogP contribution in [0, 0.1) is 47.5 Å². The standard InChI is InChI=1S/C25H38N4O3S/c1-16(2)15-29-22(8)23(21(7)26-29)14-24(30)27-9-11-28(12-10-27)33(31,32)25-19(5)17(3)13-18(4)20(25)6/h13,16H,9-12,14-15H2,1-8H3. The molecule has 0 atom stereocenters. The summed E-state index contributed by atoms with van der Waals surface area (Å²) in [6, 6.07) is 2.04. The normalized spacial score (nSPS) is 15.5. The van der Waals surface area contributed by atoms with Crippen LogP contribution in [-0.4, -0.2) is 59.5 Å². The summed E-state index contributed by atoms with van der Waals surface area (Å²) in [4.78, 5) is 15.3. The second-order valence-electron chi connectivity index (χ2n) is 9.78. The van der Waals surface area contributed by atoms with Gasteiger partial charge in [-0.1, -0.05) is 19.9 Å². The third kappa shape index (κ3) is 5.01. The first kappa shape index (κ1) is 25.4.